The van der Waals surface area contributed by atoms with E-state index in [-0.39, 0.29) is 17.7 Å². The summed E-state index contributed by atoms with van der Waals surface area (Å²) in [5.41, 5.74) is 2.21. The van der Waals surface area contributed by atoms with Crippen molar-refractivity contribution in [3.05, 3.63) is 35.8 Å². The van der Waals surface area contributed by atoms with Crippen LogP contribution in [-0.4, -0.2) is 54.0 Å². The Morgan fingerprint density at radius 1 is 1.07 bits per heavy atom. The number of carbonyl (C=O) groups excluding carboxylic acids is 2. The van der Waals surface area contributed by atoms with Crippen LogP contribution in [0.1, 0.15) is 41.2 Å². The quantitative estimate of drug-likeness (QED) is 0.678. The second-order valence-corrected chi connectivity index (χ2v) is 7.43. The molecule has 0 spiro atoms. The van der Waals surface area contributed by atoms with Crippen molar-refractivity contribution in [2.45, 2.75) is 25.2 Å². The molecule has 1 saturated heterocycles. The van der Waals surface area contributed by atoms with Crippen molar-refractivity contribution in [1.82, 2.24) is 25.6 Å². The van der Waals surface area contributed by atoms with Crippen molar-refractivity contribution in [3.8, 4) is 0 Å². The van der Waals surface area contributed by atoms with Gasteiger partial charge in [0.2, 0.25) is 11.9 Å². The third-order valence-electron chi connectivity index (χ3n) is 5.38. The van der Waals surface area contributed by atoms with Gasteiger partial charge in [0.15, 0.2) is 0 Å². The van der Waals surface area contributed by atoms with Crippen LogP contribution in [0, 0.1) is 5.92 Å². The molecule has 2 aromatic rings. The number of anilines is 3. The maximum Gasteiger partial charge on any atom is 0.256 e. The molecule has 2 aliphatic rings. The van der Waals surface area contributed by atoms with Gasteiger partial charge in [-0.3, -0.25) is 14.6 Å². The molecule has 152 valence electrons. The Hall–Kier alpha value is -3.23. The van der Waals surface area contributed by atoms with Crippen LogP contribution in [0.3, 0.4) is 0 Å². The van der Waals surface area contributed by atoms with E-state index in [9.17, 15) is 9.59 Å². The molecule has 2 amide bonds. The number of hydrogen-bond acceptors (Lipinski definition) is 7. The largest absolute Gasteiger partial charge is 0.359 e. The van der Waals surface area contributed by atoms with Gasteiger partial charge in [-0.25, -0.2) is 4.98 Å². The van der Waals surface area contributed by atoms with Crippen LogP contribution in [0.2, 0.25) is 0 Å². The normalized spacial score (nSPS) is 18.4. The predicted octanol–water partition coefficient (Wildman–Crippen LogP) is 1.42. The summed E-state index contributed by atoms with van der Waals surface area (Å²) >= 11 is 0. The molecule has 0 radical (unpaired) electrons. The Morgan fingerprint density at radius 2 is 1.90 bits per heavy atom. The Bertz CT molecular complexity index is 912. The molecule has 29 heavy (non-hydrogen) atoms. The summed E-state index contributed by atoms with van der Waals surface area (Å²) in [6.45, 7) is 1.24. The van der Waals surface area contributed by atoms with Gasteiger partial charge in [0.05, 0.1) is 17.8 Å². The van der Waals surface area contributed by atoms with E-state index in [0.717, 1.165) is 17.8 Å². The van der Waals surface area contributed by atoms with Crippen molar-refractivity contribution in [2.75, 3.05) is 37.4 Å². The number of hydrogen-bond donors (Lipinski definition) is 3. The number of amides is 2. The Balaban J connectivity index is 1.57. The zero-order chi connectivity index (χ0) is 20.4. The molecular weight excluding hydrogens is 370 g/mol. The van der Waals surface area contributed by atoms with Crippen LogP contribution < -0.4 is 20.9 Å². The molecule has 3 heterocycles. The van der Waals surface area contributed by atoms with E-state index in [0.29, 0.717) is 36.3 Å². The number of pyridine rings is 1. The highest BCUT2D eigenvalue weighted by Gasteiger charge is 2.30. The average molecular weight is 395 g/mol. The lowest BCUT2D eigenvalue weighted by atomic mass is 10.1. The lowest BCUT2D eigenvalue weighted by Crippen LogP contribution is -2.31. The molecule has 1 aliphatic heterocycles. The summed E-state index contributed by atoms with van der Waals surface area (Å²) in [5.74, 6) is 1.16. The molecule has 1 saturated carbocycles. The molecule has 9 nitrogen and oxygen atoms in total. The first-order valence-electron chi connectivity index (χ1n) is 9.87. The summed E-state index contributed by atoms with van der Waals surface area (Å²) in [5, 5.41) is 8.51. The van der Waals surface area contributed by atoms with Crippen molar-refractivity contribution in [2.24, 2.45) is 5.92 Å². The Labute approximate surface area is 169 Å². The monoisotopic (exact) mass is 395 g/mol. The molecule has 9 heteroatoms. The van der Waals surface area contributed by atoms with Crippen LogP contribution in [0.25, 0.3) is 0 Å². The smallest absolute Gasteiger partial charge is 0.256 e. The highest BCUT2D eigenvalue weighted by molar-refractivity contribution is 5.99. The van der Waals surface area contributed by atoms with Gasteiger partial charge in [-0.1, -0.05) is 0 Å². The number of nitrogens with zero attached hydrogens (tertiary/aromatic N) is 4. The van der Waals surface area contributed by atoms with Gasteiger partial charge >= 0.3 is 0 Å². The molecule has 1 aliphatic carbocycles. The van der Waals surface area contributed by atoms with Gasteiger partial charge in [-0.15, -0.1) is 0 Å². The number of nitrogens with one attached hydrogen (secondary N) is 3. The topological polar surface area (TPSA) is 112 Å². The van der Waals surface area contributed by atoms with Crippen LogP contribution in [0.4, 0.5) is 17.5 Å². The van der Waals surface area contributed by atoms with Crippen molar-refractivity contribution in [1.29, 1.82) is 0 Å². The van der Waals surface area contributed by atoms with Crippen molar-refractivity contribution < 1.29 is 9.59 Å². The molecular formula is C20H25N7O2. The highest BCUT2D eigenvalue weighted by Crippen LogP contribution is 2.39. The maximum absolute atomic E-state index is 12.3. The molecule has 2 aromatic heterocycles. The van der Waals surface area contributed by atoms with Crippen LogP contribution >= 0.6 is 0 Å². The Morgan fingerprint density at radius 3 is 2.55 bits per heavy atom. The van der Waals surface area contributed by atoms with Gasteiger partial charge in [-0.2, -0.15) is 4.98 Å². The average Bonchev–Trinajstić information content (AvgIpc) is 3.49. The van der Waals surface area contributed by atoms with Gasteiger partial charge < -0.3 is 20.9 Å². The maximum atomic E-state index is 12.3. The van der Waals surface area contributed by atoms with E-state index in [1.54, 1.807) is 20.3 Å². The van der Waals surface area contributed by atoms with E-state index in [2.05, 4.69) is 30.9 Å². The lowest BCUT2D eigenvalue weighted by molar-refractivity contribution is -0.123. The fourth-order valence-electron chi connectivity index (χ4n) is 3.52. The molecule has 3 N–H and O–H groups in total. The van der Waals surface area contributed by atoms with Gasteiger partial charge in [-0.05, 0) is 31.4 Å². The number of carbonyl (C=O) groups is 2. The minimum Gasteiger partial charge on any atom is -0.359 e. The fraction of sp³-hybridized carbons (Fsp3) is 0.450. The standard InChI is InChI=1S/C20H25N7O2/c1-21-18(28)13-7-8-27(11-13)20-24-10-15(19(29)22-2)17(26-20)25-14-5-6-16(23-9-14)12-3-4-12/h5-6,9-10,12-13H,3-4,7-8,11H2,1-2H3,(H,21,28)(H,22,29)(H,24,25,26)/t13-/m1/s1. The molecule has 4 rings (SSSR count). The predicted molar refractivity (Wildman–Crippen MR) is 109 cm³/mol. The zero-order valence-electron chi connectivity index (χ0n) is 16.6. The second-order valence-electron chi connectivity index (χ2n) is 7.43. The minimum absolute atomic E-state index is 0.0228. The highest BCUT2D eigenvalue weighted by atomic mass is 16.2. The first kappa shape index (κ1) is 19.1. The summed E-state index contributed by atoms with van der Waals surface area (Å²) < 4.78 is 0. The van der Waals surface area contributed by atoms with E-state index in [1.807, 2.05) is 17.0 Å². The van der Waals surface area contributed by atoms with E-state index in [1.165, 1.54) is 19.0 Å². The van der Waals surface area contributed by atoms with Crippen LogP contribution in [0.15, 0.2) is 24.5 Å². The van der Waals surface area contributed by atoms with Crippen LogP contribution in [0.5, 0.6) is 0 Å². The molecule has 0 bridgehead atoms. The van der Waals surface area contributed by atoms with Crippen molar-refractivity contribution in [3.63, 3.8) is 0 Å². The minimum atomic E-state index is -0.272. The van der Waals surface area contributed by atoms with E-state index < -0.39 is 0 Å². The first-order valence-corrected chi connectivity index (χ1v) is 9.87. The Kier molecular flexibility index (Phi) is 5.28. The van der Waals surface area contributed by atoms with E-state index in [4.69, 9.17) is 0 Å². The summed E-state index contributed by atoms with van der Waals surface area (Å²) in [6, 6.07) is 3.96. The van der Waals surface area contributed by atoms with Gasteiger partial charge in [0, 0.05) is 45.0 Å². The van der Waals surface area contributed by atoms with E-state index >= 15 is 0 Å². The lowest BCUT2D eigenvalue weighted by Gasteiger charge is -2.18. The molecule has 2 fully saturated rings. The summed E-state index contributed by atoms with van der Waals surface area (Å²) in [4.78, 5) is 39.6. The number of aromatic nitrogens is 3. The zero-order valence-corrected chi connectivity index (χ0v) is 16.6. The second kappa shape index (κ2) is 8.02. The SMILES string of the molecule is CNC(=O)c1cnc(N2CC[C@@H](C(=O)NC)C2)nc1Nc1ccc(C2CC2)nc1. The van der Waals surface area contributed by atoms with Gasteiger partial charge in [0.1, 0.15) is 11.4 Å². The van der Waals surface area contributed by atoms with Crippen LogP contribution in [-0.2, 0) is 4.79 Å². The third kappa shape index (κ3) is 4.13. The number of rotatable bonds is 6. The molecule has 0 aromatic carbocycles. The summed E-state index contributed by atoms with van der Waals surface area (Å²) in [6.07, 6.45) is 6.42. The first-order chi connectivity index (χ1) is 14.1. The fourth-order valence-corrected chi connectivity index (χ4v) is 3.52. The van der Waals surface area contributed by atoms with Gasteiger partial charge in [0.25, 0.3) is 5.91 Å². The summed E-state index contributed by atoms with van der Waals surface area (Å²) in [7, 11) is 3.21. The molecule has 0 unspecified atom stereocenters. The molecule has 1 atom stereocenters. The third-order valence-corrected chi connectivity index (χ3v) is 5.38. The van der Waals surface area contributed by atoms with Crippen molar-refractivity contribution >= 4 is 29.3 Å².